The third-order valence-corrected chi connectivity index (χ3v) is 4.54. The SMILES string of the molecule is O=C(O)C/C(=C\c1ccccc1C(=O)O)c1nc2ccccc2s1. The number of hydrogen-bond donors (Lipinski definition) is 2. The molecule has 0 aliphatic carbocycles. The van der Waals surface area contributed by atoms with Crippen LogP contribution in [0.2, 0.25) is 0 Å². The molecule has 0 bridgehead atoms. The van der Waals surface area contributed by atoms with Gasteiger partial charge in [-0.3, -0.25) is 4.79 Å². The molecule has 0 aliphatic rings. The molecule has 0 radical (unpaired) electrons. The molecular formula is C18H13NO4S. The fourth-order valence-electron chi connectivity index (χ4n) is 2.37. The van der Waals surface area contributed by atoms with Gasteiger partial charge in [0.05, 0.1) is 22.2 Å². The van der Waals surface area contributed by atoms with Crippen molar-refractivity contribution in [2.45, 2.75) is 6.42 Å². The lowest BCUT2D eigenvalue weighted by Gasteiger charge is -2.04. The van der Waals surface area contributed by atoms with Crippen LogP contribution in [0.5, 0.6) is 0 Å². The van der Waals surface area contributed by atoms with Crippen LogP contribution in [-0.2, 0) is 4.79 Å². The second-order valence-corrected chi connectivity index (χ2v) is 6.15. The molecule has 5 nitrogen and oxygen atoms in total. The Balaban J connectivity index is 2.13. The Labute approximate surface area is 141 Å². The predicted molar refractivity (Wildman–Crippen MR) is 93.1 cm³/mol. The molecule has 2 aromatic carbocycles. The summed E-state index contributed by atoms with van der Waals surface area (Å²) >= 11 is 1.39. The van der Waals surface area contributed by atoms with Crippen molar-refractivity contribution in [3.05, 3.63) is 64.7 Å². The maximum atomic E-state index is 11.3. The summed E-state index contributed by atoms with van der Waals surface area (Å²) in [5.74, 6) is -2.05. The Morgan fingerprint density at radius 1 is 1.04 bits per heavy atom. The highest BCUT2D eigenvalue weighted by molar-refractivity contribution is 7.19. The molecule has 3 aromatic rings. The van der Waals surface area contributed by atoms with Crippen LogP contribution in [0.15, 0.2) is 48.5 Å². The van der Waals surface area contributed by atoms with Gasteiger partial charge in [0, 0.05) is 0 Å². The van der Waals surface area contributed by atoms with Gasteiger partial charge < -0.3 is 10.2 Å². The van der Waals surface area contributed by atoms with Gasteiger partial charge in [-0.15, -0.1) is 11.3 Å². The molecular weight excluding hydrogens is 326 g/mol. The van der Waals surface area contributed by atoms with Crippen LogP contribution >= 0.6 is 11.3 Å². The molecule has 0 atom stereocenters. The topological polar surface area (TPSA) is 87.5 Å². The van der Waals surface area contributed by atoms with Gasteiger partial charge in [0.25, 0.3) is 0 Å². The number of para-hydroxylation sites is 1. The van der Waals surface area contributed by atoms with E-state index in [9.17, 15) is 19.8 Å². The van der Waals surface area contributed by atoms with Crippen molar-refractivity contribution in [3.63, 3.8) is 0 Å². The van der Waals surface area contributed by atoms with E-state index in [2.05, 4.69) is 4.98 Å². The van der Waals surface area contributed by atoms with Crippen molar-refractivity contribution in [1.82, 2.24) is 4.98 Å². The van der Waals surface area contributed by atoms with E-state index in [0.29, 0.717) is 16.1 Å². The zero-order chi connectivity index (χ0) is 17.1. The second-order valence-electron chi connectivity index (χ2n) is 5.12. The van der Waals surface area contributed by atoms with Crippen LogP contribution in [0.1, 0.15) is 27.3 Å². The van der Waals surface area contributed by atoms with E-state index in [1.165, 1.54) is 17.4 Å². The van der Waals surface area contributed by atoms with Crippen molar-refractivity contribution in [2.24, 2.45) is 0 Å². The highest BCUT2D eigenvalue weighted by atomic mass is 32.1. The number of aliphatic carboxylic acids is 1. The van der Waals surface area contributed by atoms with E-state index in [1.807, 2.05) is 24.3 Å². The quantitative estimate of drug-likeness (QED) is 0.733. The first-order valence-corrected chi connectivity index (χ1v) is 7.97. The van der Waals surface area contributed by atoms with Gasteiger partial charge in [-0.25, -0.2) is 9.78 Å². The van der Waals surface area contributed by atoms with Crippen LogP contribution in [0.3, 0.4) is 0 Å². The number of aromatic carboxylic acids is 1. The fourth-order valence-corrected chi connectivity index (χ4v) is 3.35. The number of rotatable bonds is 5. The molecule has 0 amide bonds. The first-order chi connectivity index (χ1) is 11.5. The third kappa shape index (κ3) is 3.33. The number of benzene rings is 2. The minimum atomic E-state index is -1.05. The van der Waals surface area contributed by atoms with E-state index < -0.39 is 11.9 Å². The molecule has 0 spiro atoms. The average Bonchev–Trinajstić information content (AvgIpc) is 2.98. The summed E-state index contributed by atoms with van der Waals surface area (Å²) in [7, 11) is 0. The number of carboxylic acid groups (broad SMARTS) is 2. The Morgan fingerprint density at radius 2 is 1.75 bits per heavy atom. The smallest absolute Gasteiger partial charge is 0.336 e. The summed E-state index contributed by atoms with van der Waals surface area (Å²) in [6.45, 7) is 0. The van der Waals surface area contributed by atoms with Crippen LogP contribution < -0.4 is 0 Å². The van der Waals surface area contributed by atoms with Crippen molar-refractivity contribution < 1.29 is 19.8 Å². The first-order valence-electron chi connectivity index (χ1n) is 7.15. The minimum Gasteiger partial charge on any atom is -0.481 e. The molecule has 6 heteroatoms. The number of fused-ring (bicyclic) bond motifs is 1. The Bertz CT molecular complexity index is 925. The summed E-state index contributed by atoms with van der Waals surface area (Å²) in [6.07, 6.45) is 1.36. The largest absolute Gasteiger partial charge is 0.481 e. The van der Waals surface area contributed by atoms with Gasteiger partial charge in [0.2, 0.25) is 0 Å². The van der Waals surface area contributed by atoms with E-state index in [-0.39, 0.29) is 12.0 Å². The number of thiazole rings is 1. The number of hydrogen-bond acceptors (Lipinski definition) is 4. The molecule has 1 aromatic heterocycles. The number of aromatic nitrogens is 1. The molecule has 24 heavy (non-hydrogen) atoms. The molecule has 0 saturated heterocycles. The van der Waals surface area contributed by atoms with E-state index in [1.54, 1.807) is 24.3 Å². The standard InChI is InChI=1S/C18H13NO4S/c20-16(21)10-12(9-11-5-1-2-6-13(11)18(22)23)17-19-14-7-3-4-8-15(14)24-17/h1-9H,10H2,(H,20,21)(H,22,23)/b12-9+. The third-order valence-electron chi connectivity index (χ3n) is 3.43. The Morgan fingerprint density at radius 3 is 2.46 bits per heavy atom. The van der Waals surface area contributed by atoms with Crippen LogP contribution in [0.4, 0.5) is 0 Å². The zero-order valence-electron chi connectivity index (χ0n) is 12.5. The monoisotopic (exact) mass is 339 g/mol. The first kappa shape index (κ1) is 15.9. The minimum absolute atomic E-state index is 0.126. The lowest BCUT2D eigenvalue weighted by molar-refractivity contribution is -0.135. The van der Waals surface area contributed by atoms with E-state index in [0.717, 1.165) is 10.2 Å². The van der Waals surface area contributed by atoms with Crippen LogP contribution in [0.25, 0.3) is 21.9 Å². The van der Waals surface area contributed by atoms with Gasteiger partial charge in [0.15, 0.2) is 0 Å². The Hall–Kier alpha value is -2.99. The van der Waals surface area contributed by atoms with Crippen LogP contribution in [0, 0.1) is 0 Å². The van der Waals surface area contributed by atoms with Crippen molar-refractivity contribution >= 4 is 45.1 Å². The average molecular weight is 339 g/mol. The zero-order valence-corrected chi connectivity index (χ0v) is 13.3. The molecule has 3 rings (SSSR count). The summed E-state index contributed by atoms with van der Waals surface area (Å²) in [6, 6.07) is 14.0. The highest BCUT2D eigenvalue weighted by Gasteiger charge is 2.14. The Kier molecular flexibility index (Phi) is 4.39. The molecule has 0 saturated carbocycles. The van der Waals surface area contributed by atoms with Gasteiger partial charge >= 0.3 is 11.9 Å². The lowest BCUT2D eigenvalue weighted by Crippen LogP contribution is -2.01. The highest BCUT2D eigenvalue weighted by Crippen LogP contribution is 2.30. The summed E-state index contributed by atoms with van der Waals surface area (Å²) in [5, 5.41) is 19.1. The fraction of sp³-hybridized carbons (Fsp3) is 0.0556. The normalized spacial score (nSPS) is 11.6. The summed E-state index contributed by atoms with van der Waals surface area (Å²) < 4.78 is 0.954. The molecule has 0 fully saturated rings. The summed E-state index contributed by atoms with van der Waals surface area (Å²) in [4.78, 5) is 27.0. The predicted octanol–water partition coefficient (Wildman–Crippen LogP) is 4.01. The molecule has 120 valence electrons. The van der Waals surface area contributed by atoms with Gasteiger partial charge in [-0.05, 0) is 35.4 Å². The van der Waals surface area contributed by atoms with Crippen molar-refractivity contribution in [3.8, 4) is 0 Å². The molecule has 0 unspecified atom stereocenters. The van der Waals surface area contributed by atoms with Crippen LogP contribution in [-0.4, -0.2) is 27.1 Å². The van der Waals surface area contributed by atoms with Gasteiger partial charge in [-0.2, -0.15) is 0 Å². The molecule has 1 heterocycles. The number of carbonyl (C=O) groups is 2. The number of carboxylic acids is 2. The van der Waals surface area contributed by atoms with Crippen molar-refractivity contribution in [2.75, 3.05) is 0 Å². The van der Waals surface area contributed by atoms with Gasteiger partial charge in [-0.1, -0.05) is 30.3 Å². The number of nitrogens with zero attached hydrogens (tertiary/aromatic N) is 1. The molecule has 0 aliphatic heterocycles. The lowest BCUT2D eigenvalue weighted by atomic mass is 10.0. The maximum absolute atomic E-state index is 11.3. The van der Waals surface area contributed by atoms with E-state index in [4.69, 9.17) is 0 Å². The van der Waals surface area contributed by atoms with E-state index >= 15 is 0 Å². The maximum Gasteiger partial charge on any atom is 0.336 e. The van der Waals surface area contributed by atoms with Crippen molar-refractivity contribution in [1.29, 1.82) is 0 Å². The summed E-state index contributed by atoms with van der Waals surface area (Å²) in [5.41, 5.74) is 1.86. The van der Waals surface area contributed by atoms with Gasteiger partial charge in [0.1, 0.15) is 5.01 Å². The second kappa shape index (κ2) is 6.64. The molecule has 2 N–H and O–H groups in total.